The van der Waals surface area contributed by atoms with Crippen molar-refractivity contribution in [2.24, 2.45) is 0 Å². The lowest BCUT2D eigenvalue weighted by Gasteiger charge is -2.33. The Morgan fingerprint density at radius 1 is 1.06 bits per heavy atom. The number of likely N-dealkylation sites (tertiary alicyclic amines) is 1. The van der Waals surface area contributed by atoms with E-state index in [4.69, 9.17) is 9.47 Å². The van der Waals surface area contributed by atoms with Gasteiger partial charge in [0.05, 0.1) is 22.8 Å². The van der Waals surface area contributed by atoms with E-state index < -0.39 is 23.1 Å². The molecule has 0 radical (unpaired) electrons. The molecule has 0 unspecified atom stereocenters. The lowest BCUT2D eigenvalue weighted by molar-refractivity contribution is 0.0203. The van der Waals surface area contributed by atoms with Gasteiger partial charge < -0.3 is 14.4 Å². The van der Waals surface area contributed by atoms with E-state index >= 15 is 4.39 Å². The van der Waals surface area contributed by atoms with E-state index in [0.29, 0.717) is 47.0 Å². The molecule has 170 valence electrons. The van der Waals surface area contributed by atoms with Gasteiger partial charge in [-0.3, -0.25) is 4.98 Å². The van der Waals surface area contributed by atoms with Crippen LogP contribution in [-0.2, 0) is 9.47 Å². The molecule has 1 aliphatic rings. The summed E-state index contributed by atoms with van der Waals surface area (Å²) in [7, 11) is 0. The van der Waals surface area contributed by atoms with Crippen LogP contribution in [0.2, 0.25) is 0 Å². The number of hydrogen-bond donors (Lipinski definition) is 0. The molecule has 1 aliphatic heterocycles. The molecule has 0 atom stereocenters. The lowest BCUT2D eigenvalue weighted by atomic mass is 9.92. The molecule has 2 aromatic heterocycles. The molecular formula is C22H29BrFN3O4. The number of aromatic nitrogens is 2. The maximum atomic E-state index is 15.4. The van der Waals surface area contributed by atoms with Crippen LogP contribution in [0, 0.1) is 5.82 Å². The summed E-state index contributed by atoms with van der Waals surface area (Å²) < 4.78 is 28.0. The first-order valence-corrected chi connectivity index (χ1v) is 11.1. The lowest BCUT2D eigenvalue weighted by Crippen LogP contribution is -2.41. The number of halogens is 2. The third-order valence-electron chi connectivity index (χ3n) is 4.89. The van der Waals surface area contributed by atoms with Crippen LogP contribution >= 0.6 is 15.9 Å². The molecule has 1 fully saturated rings. The summed E-state index contributed by atoms with van der Waals surface area (Å²) in [4.78, 5) is 30.8. The number of amides is 1. The highest BCUT2D eigenvalue weighted by Gasteiger charge is 2.31. The van der Waals surface area contributed by atoms with E-state index in [2.05, 4.69) is 20.9 Å². The number of rotatable bonds is 1. The summed E-state index contributed by atoms with van der Waals surface area (Å²) in [5, 5.41) is 0.297. The average Bonchev–Trinajstić information content (AvgIpc) is 2.97. The first-order valence-electron chi connectivity index (χ1n) is 10.3. The molecular weight excluding hydrogens is 469 g/mol. The minimum atomic E-state index is -0.672. The molecule has 2 aromatic rings. The molecule has 0 aliphatic carbocycles. The fourth-order valence-electron chi connectivity index (χ4n) is 3.56. The van der Waals surface area contributed by atoms with E-state index in [0.717, 1.165) is 0 Å². The molecule has 0 saturated carbocycles. The fraction of sp³-hybridized carbons (Fsp3) is 0.591. The Bertz CT molecular complexity index is 999. The number of carbonyl (C=O) groups is 2. The molecule has 0 N–H and O–H groups in total. The zero-order valence-corrected chi connectivity index (χ0v) is 20.4. The second kappa shape index (κ2) is 8.41. The van der Waals surface area contributed by atoms with Crippen LogP contribution in [0.25, 0.3) is 10.9 Å². The fourth-order valence-corrected chi connectivity index (χ4v) is 4.14. The highest BCUT2D eigenvalue weighted by Crippen LogP contribution is 2.35. The molecule has 0 spiro atoms. The molecule has 0 bridgehead atoms. The Balaban J connectivity index is 1.81. The van der Waals surface area contributed by atoms with Crippen molar-refractivity contribution in [2.45, 2.75) is 71.5 Å². The summed E-state index contributed by atoms with van der Waals surface area (Å²) in [6.07, 6.45) is 3.22. The number of nitrogens with zero attached hydrogens (tertiary/aromatic N) is 3. The zero-order valence-electron chi connectivity index (χ0n) is 18.8. The van der Waals surface area contributed by atoms with E-state index in [-0.39, 0.29) is 12.0 Å². The van der Waals surface area contributed by atoms with Crippen molar-refractivity contribution in [1.82, 2.24) is 14.5 Å². The summed E-state index contributed by atoms with van der Waals surface area (Å²) >= 11 is 3.37. The molecule has 3 rings (SSSR count). The van der Waals surface area contributed by atoms with E-state index in [1.165, 1.54) is 17.0 Å². The van der Waals surface area contributed by atoms with E-state index in [1.54, 1.807) is 25.7 Å². The van der Waals surface area contributed by atoms with Crippen LogP contribution in [0.3, 0.4) is 0 Å². The van der Waals surface area contributed by atoms with Gasteiger partial charge in [0.25, 0.3) is 0 Å². The number of pyridine rings is 1. The van der Waals surface area contributed by atoms with Crippen LogP contribution in [0.4, 0.5) is 14.0 Å². The van der Waals surface area contributed by atoms with Gasteiger partial charge in [-0.15, -0.1) is 0 Å². The highest BCUT2D eigenvalue weighted by molar-refractivity contribution is 9.10. The maximum Gasteiger partial charge on any atom is 0.419 e. The molecule has 9 heteroatoms. The Labute approximate surface area is 190 Å². The smallest absolute Gasteiger partial charge is 0.419 e. The monoisotopic (exact) mass is 497 g/mol. The van der Waals surface area contributed by atoms with Crippen molar-refractivity contribution in [3.8, 4) is 0 Å². The number of fused-ring (bicyclic) bond motifs is 1. The van der Waals surface area contributed by atoms with Crippen molar-refractivity contribution < 1.29 is 23.5 Å². The molecule has 7 nitrogen and oxygen atoms in total. The Morgan fingerprint density at radius 2 is 1.61 bits per heavy atom. The minimum absolute atomic E-state index is 0.125. The molecule has 1 amide bonds. The molecule has 0 aromatic carbocycles. The van der Waals surface area contributed by atoms with Crippen molar-refractivity contribution in [1.29, 1.82) is 0 Å². The number of piperidine rings is 1. The van der Waals surface area contributed by atoms with Gasteiger partial charge in [-0.25, -0.2) is 18.5 Å². The molecule has 31 heavy (non-hydrogen) atoms. The van der Waals surface area contributed by atoms with Crippen molar-refractivity contribution in [3.05, 3.63) is 28.4 Å². The van der Waals surface area contributed by atoms with Crippen LogP contribution < -0.4 is 0 Å². The number of ether oxygens (including phenoxy) is 2. The van der Waals surface area contributed by atoms with Gasteiger partial charge in [0.2, 0.25) is 0 Å². The predicted molar refractivity (Wildman–Crippen MR) is 119 cm³/mol. The van der Waals surface area contributed by atoms with Gasteiger partial charge in [-0.2, -0.15) is 0 Å². The SMILES string of the molecule is CC(C)(C)OC(=O)N1CCC(c2ncc3c(c(Br)cn3C(=O)OC(C)(C)C)c2F)CC1. The number of carbonyl (C=O) groups excluding carboxylic acids is 2. The summed E-state index contributed by atoms with van der Waals surface area (Å²) in [6, 6.07) is 0. The van der Waals surface area contributed by atoms with Crippen molar-refractivity contribution >= 4 is 39.0 Å². The second-order valence-corrected chi connectivity index (χ2v) is 10.6. The summed E-state index contributed by atoms with van der Waals surface area (Å²) in [6.45, 7) is 11.7. The largest absolute Gasteiger partial charge is 0.444 e. The second-order valence-electron chi connectivity index (χ2n) is 9.79. The van der Waals surface area contributed by atoms with Gasteiger partial charge in [-0.1, -0.05) is 0 Å². The summed E-state index contributed by atoms with van der Waals surface area (Å²) in [5.74, 6) is -0.581. The highest BCUT2D eigenvalue weighted by atomic mass is 79.9. The third kappa shape index (κ3) is 5.37. The molecule has 1 saturated heterocycles. The summed E-state index contributed by atoms with van der Waals surface area (Å²) in [5.41, 5.74) is -0.540. The Hall–Kier alpha value is -2.16. The zero-order chi connectivity index (χ0) is 23.1. The normalized spacial score (nSPS) is 15.9. The minimum Gasteiger partial charge on any atom is -0.444 e. The van der Waals surface area contributed by atoms with Crippen molar-refractivity contribution in [2.75, 3.05) is 13.1 Å². The topological polar surface area (TPSA) is 73.7 Å². The van der Waals surface area contributed by atoms with Crippen molar-refractivity contribution in [3.63, 3.8) is 0 Å². The average molecular weight is 498 g/mol. The quantitative estimate of drug-likeness (QED) is 0.494. The Kier molecular flexibility index (Phi) is 6.37. The van der Waals surface area contributed by atoms with Crippen LogP contribution in [0.15, 0.2) is 16.9 Å². The van der Waals surface area contributed by atoms with Gasteiger partial charge in [0, 0.05) is 29.7 Å². The van der Waals surface area contributed by atoms with Gasteiger partial charge in [0.1, 0.15) is 11.2 Å². The van der Waals surface area contributed by atoms with Crippen LogP contribution in [0.5, 0.6) is 0 Å². The van der Waals surface area contributed by atoms with E-state index in [1.807, 2.05) is 20.8 Å². The van der Waals surface area contributed by atoms with Crippen LogP contribution in [0.1, 0.15) is 66.0 Å². The maximum absolute atomic E-state index is 15.4. The Morgan fingerprint density at radius 3 is 2.16 bits per heavy atom. The predicted octanol–water partition coefficient (Wildman–Crippen LogP) is 5.84. The standard InChI is InChI=1S/C22H29BrFN3O4/c1-21(2,3)30-19(28)26-9-7-13(8-10-26)18-17(24)16-14(23)12-27(15(16)11-25-18)20(29)31-22(4,5)6/h11-13H,7-10H2,1-6H3. The third-order valence-corrected chi connectivity index (χ3v) is 5.49. The first kappa shape index (κ1) is 23.5. The van der Waals surface area contributed by atoms with Gasteiger partial charge >= 0.3 is 12.2 Å². The van der Waals surface area contributed by atoms with Gasteiger partial charge in [0.15, 0.2) is 5.82 Å². The van der Waals surface area contributed by atoms with Gasteiger partial charge in [-0.05, 0) is 70.3 Å². The first-order chi connectivity index (χ1) is 14.3. The van der Waals surface area contributed by atoms with E-state index in [9.17, 15) is 9.59 Å². The van der Waals surface area contributed by atoms with Crippen LogP contribution in [-0.4, -0.2) is 50.9 Å². The molecule has 3 heterocycles. The number of hydrogen-bond acceptors (Lipinski definition) is 5.